The van der Waals surface area contributed by atoms with E-state index in [1.807, 2.05) is 17.9 Å². The van der Waals surface area contributed by atoms with Gasteiger partial charge in [-0.15, -0.1) is 0 Å². The Morgan fingerprint density at radius 3 is 2.95 bits per heavy atom. The number of aromatic nitrogens is 1. The molecule has 1 unspecified atom stereocenters. The second-order valence-corrected chi connectivity index (χ2v) is 5.39. The van der Waals surface area contributed by atoms with E-state index in [4.69, 9.17) is 21.1 Å². The number of anilines is 2. The van der Waals surface area contributed by atoms with Crippen LogP contribution in [0.4, 0.5) is 11.5 Å². The van der Waals surface area contributed by atoms with Gasteiger partial charge in [-0.05, 0) is 31.2 Å². The second kappa shape index (κ2) is 5.85. The number of rotatable bonds is 2. The van der Waals surface area contributed by atoms with Crippen molar-refractivity contribution in [3.63, 3.8) is 0 Å². The Kier molecular flexibility index (Phi) is 3.90. The molecule has 0 saturated heterocycles. The Morgan fingerprint density at radius 2 is 2.23 bits per heavy atom. The maximum Gasteiger partial charge on any atom is 0.341 e. The highest BCUT2D eigenvalue weighted by Gasteiger charge is 2.31. The zero-order chi connectivity index (χ0) is 15.7. The maximum atomic E-state index is 11.9. The fourth-order valence-corrected chi connectivity index (χ4v) is 2.74. The van der Waals surface area contributed by atoms with Crippen LogP contribution < -0.4 is 9.64 Å². The van der Waals surface area contributed by atoms with Crippen molar-refractivity contribution in [2.75, 3.05) is 18.6 Å². The summed E-state index contributed by atoms with van der Waals surface area (Å²) in [5.41, 5.74) is 1.14. The van der Waals surface area contributed by atoms with Crippen LogP contribution in [0.5, 0.6) is 5.75 Å². The zero-order valence-electron chi connectivity index (χ0n) is 12.2. The van der Waals surface area contributed by atoms with Gasteiger partial charge < -0.3 is 14.4 Å². The Hall–Kier alpha value is -2.27. The summed E-state index contributed by atoms with van der Waals surface area (Å²) in [7, 11) is 1.35. The summed E-state index contributed by atoms with van der Waals surface area (Å²) < 4.78 is 10.6. The first-order chi connectivity index (χ1) is 10.6. The first kappa shape index (κ1) is 14.7. The van der Waals surface area contributed by atoms with E-state index in [-0.39, 0.29) is 6.04 Å². The van der Waals surface area contributed by atoms with Crippen molar-refractivity contribution in [1.82, 2.24) is 4.98 Å². The summed E-state index contributed by atoms with van der Waals surface area (Å²) in [6.45, 7) is 2.44. The first-order valence-electron chi connectivity index (χ1n) is 6.87. The number of nitrogens with zero attached hydrogens (tertiary/aromatic N) is 2. The van der Waals surface area contributed by atoms with Crippen LogP contribution in [0.1, 0.15) is 17.3 Å². The van der Waals surface area contributed by atoms with E-state index < -0.39 is 5.97 Å². The van der Waals surface area contributed by atoms with Crippen LogP contribution in [0, 0.1) is 0 Å². The highest BCUT2D eigenvalue weighted by atomic mass is 35.5. The maximum absolute atomic E-state index is 11.9. The quantitative estimate of drug-likeness (QED) is 0.794. The number of pyridine rings is 1. The van der Waals surface area contributed by atoms with Gasteiger partial charge >= 0.3 is 5.97 Å². The Morgan fingerprint density at radius 1 is 1.41 bits per heavy atom. The molecule has 6 heteroatoms. The molecule has 0 fully saturated rings. The molecule has 0 radical (unpaired) electrons. The molecule has 1 aliphatic rings. The highest BCUT2D eigenvalue weighted by molar-refractivity contribution is 6.33. The Bertz CT molecular complexity index is 720. The van der Waals surface area contributed by atoms with Gasteiger partial charge in [0.25, 0.3) is 0 Å². The Balaban J connectivity index is 2.16. The molecular formula is C16H15ClN2O3. The number of halogens is 1. The van der Waals surface area contributed by atoms with Crippen molar-refractivity contribution < 1.29 is 14.3 Å². The number of carbonyl (C=O) groups excluding carboxylic acids is 1. The topological polar surface area (TPSA) is 51.7 Å². The van der Waals surface area contributed by atoms with Crippen LogP contribution in [0.15, 0.2) is 36.5 Å². The lowest BCUT2D eigenvalue weighted by Crippen LogP contribution is -2.38. The summed E-state index contributed by atoms with van der Waals surface area (Å²) in [5.74, 6) is 0.705. The fourth-order valence-electron chi connectivity index (χ4n) is 2.53. The number of para-hydroxylation sites is 1. The molecule has 2 aromatic rings. The molecule has 0 spiro atoms. The van der Waals surface area contributed by atoms with Crippen molar-refractivity contribution in [2.24, 2.45) is 0 Å². The average molecular weight is 319 g/mol. The lowest BCUT2D eigenvalue weighted by molar-refractivity contribution is 0.0595. The summed E-state index contributed by atoms with van der Waals surface area (Å²) in [6.07, 6.45) is 1.69. The lowest BCUT2D eigenvalue weighted by Gasteiger charge is -2.36. The van der Waals surface area contributed by atoms with Gasteiger partial charge in [0.05, 0.1) is 23.9 Å². The van der Waals surface area contributed by atoms with Gasteiger partial charge in [-0.1, -0.05) is 17.7 Å². The zero-order valence-corrected chi connectivity index (χ0v) is 13.0. The van der Waals surface area contributed by atoms with Crippen molar-refractivity contribution in [3.05, 3.63) is 47.1 Å². The van der Waals surface area contributed by atoms with Crippen molar-refractivity contribution in [2.45, 2.75) is 13.0 Å². The second-order valence-electron chi connectivity index (χ2n) is 4.98. The molecule has 2 heterocycles. The van der Waals surface area contributed by atoms with E-state index in [2.05, 4.69) is 4.98 Å². The molecule has 1 aromatic heterocycles. The number of esters is 1. The molecule has 1 aromatic carbocycles. The number of carbonyl (C=O) groups is 1. The molecule has 3 rings (SSSR count). The van der Waals surface area contributed by atoms with Gasteiger partial charge in [-0.2, -0.15) is 0 Å². The van der Waals surface area contributed by atoms with Gasteiger partial charge in [0.15, 0.2) is 11.6 Å². The summed E-state index contributed by atoms with van der Waals surface area (Å²) in [4.78, 5) is 18.3. The molecule has 0 saturated carbocycles. The third-order valence-corrected chi connectivity index (χ3v) is 3.83. The molecule has 114 valence electrons. The van der Waals surface area contributed by atoms with Gasteiger partial charge in [-0.3, -0.25) is 0 Å². The molecule has 0 bridgehead atoms. The smallest absolute Gasteiger partial charge is 0.341 e. The molecule has 0 N–H and O–H groups in total. The highest BCUT2D eigenvalue weighted by Crippen LogP contribution is 2.42. The monoisotopic (exact) mass is 318 g/mol. The van der Waals surface area contributed by atoms with E-state index in [1.165, 1.54) is 7.11 Å². The molecular weight excluding hydrogens is 304 g/mol. The van der Waals surface area contributed by atoms with Crippen LogP contribution in [-0.4, -0.2) is 30.7 Å². The van der Waals surface area contributed by atoms with Gasteiger partial charge in [0.1, 0.15) is 12.2 Å². The molecule has 0 aliphatic carbocycles. The SMILES string of the molecule is COC(=O)c1cccc2c1OCC(C)N2c1ncccc1Cl. The molecule has 5 nitrogen and oxygen atoms in total. The third kappa shape index (κ3) is 2.37. The Labute approximate surface area is 133 Å². The van der Waals surface area contributed by atoms with Gasteiger partial charge in [-0.25, -0.2) is 9.78 Å². The number of methoxy groups -OCH3 is 1. The average Bonchev–Trinajstić information content (AvgIpc) is 2.54. The van der Waals surface area contributed by atoms with Crippen molar-refractivity contribution >= 4 is 29.1 Å². The van der Waals surface area contributed by atoms with E-state index in [1.54, 1.807) is 30.5 Å². The molecule has 1 atom stereocenters. The van der Waals surface area contributed by atoms with E-state index >= 15 is 0 Å². The number of ether oxygens (including phenoxy) is 2. The van der Waals surface area contributed by atoms with Crippen LogP contribution in [-0.2, 0) is 4.74 Å². The van der Waals surface area contributed by atoms with E-state index in [0.29, 0.717) is 28.8 Å². The molecule has 1 aliphatic heterocycles. The summed E-state index contributed by atoms with van der Waals surface area (Å²) in [6, 6.07) is 8.95. The van der Waals surface area contributed by atoms with Crippen LogP contribution in [0.3, 0.4) is 0 Å². The third-order valence-electron chi connectivity index (χ3n) is 3.54. The van der Waals surface area contributed by atoms with E-state index in [9.17, 15) is 4.79 Å². The van der Waals surface area contributed by atoms with Gasteiger partial charge in [0, 0.05) is 6.20 Å². The standard InChI is InChI=1S/C16H15ClN2O3/c1-10-9-22-14-11(16(20)21-2)5-3-7-13(14)19(10)15-12(17)6-4-8-18-15/h3-8,10H,9H2,1-2H3. The van der Waals surface area contributed by atoms with Crippen LogP contribution in [0.2, 0.25) is 5.02 Å². The van der Waals surface area contributed by atoms with Crippen LogP contribution in [0.25, 0.3) is 0 Å². The van der Waals surface area contributed by atoms with E-state index in [0.717, 1.165) is 5.69 Å². The largest absolute Gasteiger partial charge is 0.488 e. The van der Waals surface area contributed by atoms with Crippen LogP contribution >= 0.6 is 11.6 Å². The minimum absolute atomic E-state index is 0.0350. The minimum Gasteiger partial charge on any atom is -0.488 e. The normalized spacial score (nSPS) is 16.7. The summed E-state index contributed by atoms with van der Waals surface area (Å²) in [5, 5.41) is 0.547. The summed E-state index contributed by atoms with van der Waals surface area (Å²) >= 11 is 6.28. The lowest BCUT2D eigenvalue weighted by atomic mass is 10.1. The number of fused-ring (bicyclic) bond motifs is 1. The number of hydrogen-bond acceptors (Lipinski definition) is 5. The number of benzene rings is 1. The fraction of sp³-hybridized carbons (Fsp3) is 0.250. The van der Waals surface area contributed by atoms with Crippen molar-refractivity contribution in [3.8, 4) is 5.75 Å². The molecule has 0 amide bonds. The van der Waals surface area contributed by atoms with Crippen molar-refractivity contribution in [1.29, 1.82) is 0 Å². The minimum atomic E-state index is -0.432. The molecule has 22 heavy (non-hydrogen) atoms. The predicted molar refractivity (Wildman–Crippen MR) is 84.1 cm³/mol. The number of hydrogen-bond donors (Lipinski definition) is 0. The first-order valence-corrected chi connectivity index (χ1v) is 7.25. The van der Waals surface area contributed by atoms with Gasteiger partial charge in [0.2, 0.25) is 0 Å². The predicted octanol–water partition coefficient (Wildman–Crippen LogP) is 3.44.